The minimum Gasteiger partial charge on any atom is -0.367 e. The second kappa shape index (κ2) is 6.20. The Morgan fingerprint density at radius 1 is 1.30 bits per heavy atom. The largest absolute Gasteiger partial charge is 0.367 e. The first-order chi connectivity index (χ1) is 9.52. The normalized spacial score (nSPS) is 19.9. The predicted molar refractivity (Wildman–Crippen MR) is 74.7 cm³/mol. The van der Waals surface area contributed by atoms with Crippen LogP contribution in [0.15, 0.2) is 18.2 Å². The molecule has 0 saturated carbocycles. The topological polar surface area (TPSA) is 23.6 Å². The molecule has 110 valence electrons. The molecule has 1 aliphatic heterocycles. The van der Waals surface area contributed by atoms with Crippen molar-refractivity contribution < 1.29 is 13.6 Å². The second-order valence-corrected chi connectivity index (χ2v) is 5.16. The first-order valence-corrected chi connectivity index (χ1v) is 7.02. The van der Waals surface area contributed by atoms with Gasteiger partial charge in [0, 0.05) is 38.2 Å². The summed E-state index contributed by atoms with van der Waals surface area (Å²) in [5.41, 5.74) is 0.407. The molecule has 20 heavy (non-hydrogen) atoms. The Morgan fingerprint density at radius 3 is 2.70 bits per heavy atom. The van der Waals surface area contributed by atoms with Crippen molar-refractivity contribution in [3.63, 3.8) is 0 Å². The predicted octanol–water partition coefficient (Wildman–Crippen LogP) is 2.80. The number of carbonyl (C=O) groups is 1. The van der Waals surface area contributed by atoms with E-state index < -0.39 is 11.6 Å². The van der Waals surface area contributed by atoms with Gasteiger partial charge in [0.15, 0.2) is 0 Å². The third kappa shape index (κ3) is 3.08. The van der Waals surface area contributed by atoms with Crippen molar-refractivity contribution in [3.8, 4) is 0 Å². The van der Waals surface area contributed by atoms with Crippen LogP contribution in [-0.4, -0.2) is 36.5 Å². The summed E-state index contributed by atoms with van der Waals surface area (Å²) in [5.74, 6) is -0.996. The van der Waals surface area contributed by atoms with Gasteiger partial charge in [0.2, 0.25) is 5.91 Å². The lowest BCUT2D eigenvalue weighted by Crippen LogP contribution is -2.39. The van der Waals surface area contributed by atoms with E-state index in [0.717, 1.165) is 12.5 Å². The number of amides is 1. The van der Waals surface area contributed by atoms with Gasteiger partial charge in [0.05, 0.1) is 5.69 Å². The molecule has 0 bridgehead atoms. The molecule has 1 heterocycles. The maximum absolute atomic E-state index is 13.8. The van der Waals surface area contributed by atoms with Crippen LogP contribution in [0.2, 0.25) is 0 Å². The molecule has 1 aromatic rings. The Hall–Kier alpha value is -1.65. The SMILES string of the molecule is CCC(=O)N1CCN(c2ccc(F)cc2F)CCC1C. The zero-order valence-electron chi connectivity index (χ0n) is 11.9. The molecule has 1 unspecified atom stereocenters. The summed E-state index contributed by atoms with van der Waals surface area (Å²) in [6.07, 6.45) is 1.26. The minimum atomic E-state index is -0.572. The lowest BCUT2D eigenvalue weighted by atomic mass is 10.2. The Bertz CT molecular complexity index is 493. The lowest BCUT2D eigenvalue weighted by Gasteiger charge is -2.26. The summed E-state index contributed by atoms with van der Waals surface area (Å²) in [6.45, 7) is 5.66. The molecule has 1 fully saturated rings. The standard InChI is InChI=1S/C15H20F2N2O/c1-3-15(20)19-9-8-18(7-6-11(19)2)14-5-4-12(16)10-13(14)17/h4-5,10-11H,3,6-9H2,1-2H3. The maximum Gasteiger partial charge on any atom is 0.222 e. The van der Waals surface area contributed by atoms with Crippen LogP contribution >= 0.6 is 0 Å². The molecule has 1 atom stereocenters. The van der Waals surface area contributed by atoms with Gasteiger partial charge >= 0.3 is 0 Å². The molecular weight excluding hydrogens is 262 g/mol. The summed E-state index contributed by atoms with van der Waals surface area (Å²) in [5, 5.41) is 0. The summed E-state index contributed by atoms with van der Waals surface area (Å²) >= 11 is 0. The number of rotatable bonds is 2. The Labute approximate surface area is 118 Å². The van der Waals surface area contributed by atoms with E-state index in [0.29, 0.717) is 31.7 Å². The molecule has 1 amide bonds. The van der Waals surface area contributed by atoms with E-state index in [2.05, 4.69) is 0 Å². The van der Waals surface area contributed by atoms with Crippen molar-refractivity contribution >= 4 is 11.6 Å². The van der Waals surface area contributed by atoms with Crippen molar-refractivity contribution in [1.82, 2.24) is 4.90 Å². The van der Waals surface area contributed by atoms with Crippen molar-refractivity contribution in [2.45, 2.75) is 32.7 Å². The average Bonchev–Trinajstić information content (AvgIpc) is 2.60. The van der Waals surface area contributed by atoms with Gasteiger partial charge in [-0.1, -0.05) is 6.92 Å². The Balaban J connectivity index is 2.14. The van der Waals surface area contributed by atoms with Gasteiger partial charge in [-0.25, -0.2) is 8.78 Å². The molecule has 2 rings (SSSR count). The highest BCUT2D eigenvalue weighted by molar-refractivity contribution is 5.76. The van der Waals surface area contributed by atoms with Crippen LogP contribution in [0.4, 0.5) is 14.5 Å². The fraction of sp³-hybridized carbons (Fsp3) is 0.533. The molecule has 1 aliphatic rings. The van der Waals surface area contributed by atoms with Crippen LogP contribution in [0, 0.1) is 11.6 Å². The molecule has 1 saturated heterocycles. The number of carbonyl (C=O) groups excluding carboxylic acids is 1. The Morgan fingerprint density at radius 2 is 2.05 bits per heavy atom. The molecule has 0 N–H and O–H groups in total. The fourth-order valence-electron chi connectivity index (χ4n) is 2.61. The third-order valence-electron chi connectivity index (χ3n) is 3.83. The number of benzene rings is 1. The van der Waals surface area contributed by atoms with E-state index in [1.807, 2.05) is 23.6 Å². The smallest absolute Gasteiger partial charge is 0.222 e. The molecule has 3 nitrogen and oxygen atoms in total. The molecular formula is C15H20F2N2O. The minimum absolute atomic E-state index is 0.124. The molecule has 0 aromatic heterocycles. The highest BCUT2D eigenvalue weighted by Gasteiger charge is 2.24. The number of hydrogen-bond acceptors (Lipinski definition) is 2. The van der Waals surface area contributed by atoms with Gasteiger partial charge in [-0.3, -0.25) is 4.79 Å². The highest BCUT2D eigenvalue weighted by atomic mass is 19.1. The van der Waals surface area contributed by atoms with Gasteiger partial charge in [-0.2, -0.15) is 0 Å². The van der Waals surface area contributed by atoms with Crippen LogP contribution in [0.25, 0.3) is 0 Å². The van der Waals surface area contributed by atoms with E-state index in [9.17, 15) is 13.6 Å². The van der Waals surface area contributed by atoms with Crippen LogP contribution in [0.1, 0.15) is 26.7 Å². The third-order valence-corrected chi connectivity index (χ3v) is 3.83. The number of hydrogen-bond donors (Lipinski definition) is 0. The number of anilines is 1. The Kier molecular flexibility index (Phi) is 4.57. The van der Waals surface area contributed by atoms with E-state index in [-0.39, 0.29) is 11.9 Å². The maximum atomic E-state index is 13.8. The summed E-state index contributed by atoms with van der Waals surface area (Å²) in [7, 11) is 0. The summed E-state index contributed by atoms with van der Waals surface area (Å²) < 4.78 is 26.8. The van der Waals surface area contributed by atoms with Crippen molar-refractivity contribution in [1.29, 1.82) is 0 Å². The molecule has 0 spiro atoms. The number of nitrogens with zero attached hydrogens (tertiary/aromatic N) is 2. The van der Waals surface area contributed by atoms with Crippen molar-refractivity contribution in [2.75, 3.05) is 24.5 Å². The van der Waals surface area contributed by atoms with Crippen molar-refractivity contribution in [2.24, 2.45) is 0 Å². The molecule has 0 aliphatic carbocycles. The van der Waals surface area contributed by atoms with Crippen LogP contribution in [0.3, 0.4) is 0 Å². The van der Waals surface area contributed by atoms with Gasteiger partial charge < -0.3 is 9.80 Å². The number of halogens is 2. The fourth-order valence-corrected chi connectivity index (χ4v) is 2.61. The zero-order valence-corrected chi connectivity index (χ0v) is 11.9. The van der Waals surface area contributed by atoms with E-state index in [1.54, 1.807) is 0 Å². The highest BCUT2D eigenvalue weighted by Crippen LogP contribution is 2.23. The zero-order chi connectivity index (χ0) is 14.7. The van der Waals surface area contributed by atoms with Gasteiger partial charge in [0.1, 0.15) is 11.6 Å². The average molecular weight is 282 g/mol. The van der Waals surface area contributed by atoms with Crippen molar-refractivity contribution in [3.05, 3.63) is 29.8 Å². The second-order valence-electron chi connectivity index (χ2n) is 5.16. The van der Waals surface area contributed by atoms with E-state index in [4.69, 9.17) is 0 Å². The van der Waals surface area contributed by atoms with Gasteiger partial charge in [-0.05, 0) is 25.5 Å². The lowest BCUT2D eigenvalue weighted by molar-refractivity contribution is -0.132. The first-order valence-electron chi connectivity index (χ1n) is 7.02. The van der Waals surface area contributed by atoms with E-state index >= 15 is 0 Å². The molecule has 5 heteroatoms. The van der Waals surface area contributed by atoms with Crippen LogP contribution in [0.5, 0.6) is 0 Å². The van der Waals surface area contributed by atoms with Crippen LogP contribution < -0.4 is 4.90 Å². The molecule has 1 aromatic carbocycles. The van der Waals surface area contributed by atoms with Gasteiger partial charge in [-0.15, -0.1) is 0 Å². The first kappa shape index (κ1) is 14.8. The van der Waals surface area contributed by atoms with Crippen LogP contribution in [-0.2, 0) is 4.79 Å². The summed E-state index contributed by atoms with van der Waals surface area (Å²) in [4.78, 5) is 15.6. The van der Waals surface area contributed by atoms with Gasteiger partial charge in [0.25, 0.3) is 0 Å². The molecule has 0 radical (unpaired) electrons. The monoisotopic (exact) mass is 282 g/mol. The quantitative estimate of drug-likeness (QED) is 0.832. The summed E-state index contributed by atoms with van der Waals surface area (Å²) in [6, 6.07) is 3.78. The van der Waals surface area contributed by atoms with E-state index in [1.165, 1.54) is 12.1 Å².